The topological polar surface area (TPSA) is 67.9 Å². The van der Waals surface area contributed by atoms with E-state index in [0.29, 0.717) is 35.7 Å². The van der Waals surface area contributed by atoms with Gasteiger partial charge in [-0.25, -0.2) is 0 Å². The molecule has 9 heteroatoms. The fourth-order valence-corrected chi connectivity index (χ4v) is 3.08. The number of rotatable bonds is 6. The van der Waals surface area contributed by atoms with E-state index in [4.69, 9.17) is 4.74 Å². The number of carbonyl (C=O) groups excluding carboxylic acids is 2. The monoisotopic (exact) mass is 408 g/mol. The molecule has 0 saturated carbocycles. The van der Waals surface area contributed by atoms with Crippen LogP contribution in [-0.4, -0.2) is 31.8 Å². The molecule has 2 aromatic rings. The Morgan fingerprint density at radius 2 is 1.90 bits per heavy atom. The average Bonchev–Trinajstić information content (AvgIpc) is 3.07. The zero-order valence-corrected chi connectivity index (χ0v) is 15.6. The number of amides is 2. The summed E-state index contributed by atoms with van der Waals surface area (Å²) in [5.41, 5.74) is 1.66. The van der Waals surface area contributed by atoms with Gasteiger partial charge in [0.25, 0.3) is 0 Å². The first-order chi connectivity index (χ1) is 13.7. The molecule has 2 aromatic carbocycles. The summed E-state index contributed by atoms with van der Waals surface area (Å²) in [5.74, 6) is -0.204. The number of anilines is 2. The van der Waals surface area contributed by atoms with E-state index in [9.17, 15) is 22.8 Å². The largest absolute Gasteiger partial charge is 0.573 e. The Balaban J connectivity index is 1.64. The van der Waals surface area contributed by atoms with E-state index in [0.717, 1.165) is 18.6 Å². The summed E-state index contributed by atoms with van der Waals surface area (Å²) in [5, 5.41) is 2.71. The Morgan fingerprint density at radius 1 is 1.17 bits per heavy atom. The Hall–Kier alpha value is -3.23. The van der Waals surface area contributed by atoms with Crippen molar-refractivity contribution in [3.05, 3.63) is 48.0 Å². The van der Waals surface area contributed by atoms with E-state index in [-0.39, 0.29) is 24.0 Å². The predicted molar refractivity (Wildman–Crippen MR) is 100 cm³/mol. The van der Waals surface area contributed by atoms with E-state index >= 15 is 0 Å². The molecule has 0 radical (unpaired) electrons. The third-order valence-corrected chi connectivity index (χ3v) is 4.35. The molecule has 1 saturated heterocycles. The number of nitrogens with one attached hydrogen (secondary N) is 1. The fourth-order valence-electron chi connectivity index (χ4n) is 3.08. The first-order valence-corrected chi connectivity index (χ1v) is 8.88. The van der Waals surface area contributed by atoms with Gasteiger partial charge >= 0.3 is 6.36 Å². The minimum absolute atomic E-state index is 0.0260. The minimum Gasteiger partial charge on any atom is -0.494 e. The zero-order valence-electron chi connectivity index (χ0n) is 15.6. The molecule has 0 spiro atoms. The van der Waals surface area contributed by atoms with Gasteiger partial charge in [0, 0.05) is 24.7 Å². The summed E-state index contributed by atoms with van der Waals surface area (Å²) in [6, 6.07) is 10.1. The second kappa shape index (κ2) is 8.42. The van der Waals surface area contributed by atoms with Gasteiger partial charge in [-0.2, -0.15) is 0 Å². The highest BCUT2D eigenvalue weighted by atomic mass is 19.4. The van der Waals surface area contributed by atoms with Gasteiger partial charge in [0.2, 0.25) is 11.8 Å². The van der Waals surface area contributed by atoms with Gasteiger partial charge in [-0.1, -0.05) is 12.1 Å². The van der Waals surface area contributed by atoms with Gasteiger partial charge < -0.3 is 19.7 Å². The third-order valence-electron chi connectivity index (χ3n) is 4.35. The fraction of sp³-hybridized carbons (Fsp3) is 0.300. The van der Waals surface area contributed by atoms with Crippen molar-refractivity contribution in [1.82, 2.24) is 0 Å². The molecule has 1 N–H and O–H groups in total. The Bertz CT molecular complexity index is 898. The Morgan fingerprint density at radius 3 is 2.48 bits per heavy atom. The summed E-state index contributed by atoms with van der Waals surface area (Å²) in [4.78, 5) is 25.8. The maximum absolute atomic E-state index is 12.3. The molecule has 2 amide bonds. The van der Waals surface area contributed by atoms with Crippen LogP contribution in [-0.2, 0) is 16.0 Å². The molecule has 154 valence electrons. The first-order valence-electron chi connectivity index (χ1n) is 8.88. The molecular formula is C20H19F3N2O4. The second-order valence-corrected chi connectivity index (χ2v) is 6.45. The molecule has 3 rings (SSSR count). The van der Waals surface area contributed by atoms with Gasteiger partial charge in [-0.05, 0) is 36.2 Å². The molecule has 0 atom stereocenters. The van der Waals surface area contributed by atoms with E-state index in [1.54, 1.807) is 23.1 Å². The van der Waals surface area contributed by atoms with Crippen LogP contribution in [0.25, 0.3) is 0 Å². The van der Waals surface area contributed by atoms with Crippen LogP contribution < -0.4 is 19.7 Å². The molecule has 1 heterocycles. The number of hydrogen-bond acceptors (Lipinski definition) is 4. The van der Waals surface area contributed by atoms with Crippen molar-refractivity contribution in [2.75, 3.05) is 23.9 Å². The highest BCUT2D eigenvalue weighted by Crippen LogP contribution is 2.34. The van der Waals surface area contributed by atoms with Crippen LogP contribution in [0.2, 0.25) is 0 Å². The second-order valence-electron chi connectivity index (χ2n) is 6.45. The number of hydrogen-bond donors (Lipinski definition) is 1. The van der Waals surface area contributed by atoms with Gasteiger partial charge in [-0.3, -0.25) is 9.59 Å². The predicted octanol–water partition coefficient (Wildman–Crippen LogP) is 3.90. The minimum atomic E-state index is -4.76. The highest BCUT2D eigenvalue weighted by molar-refractivity contribution is 5.98. The zero-order chi connectivity index (χ0) is 21.0. The molecule has 0 bridgehead atoms. The van der Waals surface area contributed by atoms with E-state index in [1.165, 1.54) is 19.2 Å². The quantitative estimate of drug-likeness (QED) is 0.787. The summed E-state index contributed by atoms with van der Waals surface area (Å²) in [6.07, 6.45) is -3.51. The number of halogens is 3. The van der Waals surface area contributed by atoms with Crippen LogP contribution in [0.1, 0.15) is 18.4 Å². The molecule has 1 aliphatic rings. The van der Waals surface area contributed by atoms with Gasteiger partial charge in [0.05, 0.1) is 19.2 Å². The van der Waals surface area contributed by atoms with Crippen molar-refractivity contribution < 1.29 is 32.2 Å². The van der Waals surface area contributed by atoms with Gasteiger partial charge in [0.1, 0.15) is 11.5 Å². The molecular weight excluding hydrogens is 389 g/mol. The van der Waals surface area contributed by atoms with Crippen LogP contribution in [0.4, 0.5) is 24.5 Å². The van der Waals surface area contributed by atoms with Gasteiger partial charge in [-0.15, -0.1) is 13.2 Å². The highest BCUT2D eigenvalue weighted by Gasteiger charge is 2.31. The number of carbonyl (C=O) groups is 2. The molecule has 29 heavy (non-hydrogen) atoms. The Labute approximate surface area is 165 Å². The van der Waals surface area contributed by atoms with E-state index in [1.807, 2.05) is 0 Å². The summed E-state index contributed by atoms with van der Waals surface area (Å²) < 4.78 is 45.7. The molecule has 0 aromatic heterocycles. The van der Waals surface area contributed by atoms with Crippen LogP contribution in [0.3, 0.4) is 0 Å². The molecule has 6 nitrogen and oxygen atoms in total. The standard InChI is InChI=1S/C20H19F3N2O4/c1-28-17-12-14(6-9-16(17)25-10-2-3-19(25)27)24-18(26)11-13-4-7-15(8-5-13)29-20(21,22)23/h4-9,12H,2-3,10-11H2,1H3,(H,24,26). The SMILES string of the molecule is COc1cc(NC(=O)Cc2ccc(OC(F)(F)F)cc2)ccc1N1CCCC1=O. The number of ether oxygens (including phenoxy) is 2. The summed E-state index contributed by atoms with van der Waals surface area (Å²) in [6.45, 7) is 0.620. The number of alkyl halides is 3. The normalized spacial score (nSPS) is 14.1. The molecule has 0 aliphatic carbocycles. The van der Waals surface area contributed by atoms with Crippen molar-refractivity contribution in [2.45, 2.75) is 25.6 Å². The molecule has 1 aliphatic heterocycles. The number of benzene rings is 2. The number of methoxy groups -OCH3 is 1. The Kier molecular flexibility index (Phi) is 5.95. The molecule has 0 unspecified atom stereocenters. The lowest BCUT2D eigenvalue weighted by atomic mass is 10.1. The first kappa shape index (κ1) is 20.5. The van der Waals surface area contributed by atoms with Gasteiger partial charge in [0.15, 0.2) is 0 Å². The van der Waals surface area contributed by atoms with Crippen molar-refractivity contribution in [3.63, 3.8) is 0 Å². The van der Waals surface area contributed by atoms with Crippen molar-refractivity contribution >= 4 is 23.2 Å². The summed E-state index contributed by atoms with van der Waals surface area (Å²) in [7, 11) is 1.48. The van der Waals surface area contributed by atoms with Crippen molar-refractivity contribution in [3.8, 4) is 11.5 Å². The van der Waals surface area contributed by atoms with Crippen LogP contribution in [0, 0.1) is 0 Å². The number of nitrogens with zero attached hydrogens (tertiary/aromatic N) is 1. The smallest absolute Gasteiger partial charge is 0.494 e. The lowest BCUT2D eigenvalue weighted by molar-refractivity contribution is -0.274. The lowest BCUT2D eigenvalue weighted by Crippen LogP contribution is -2.24. The molecule has 1 fully saturated rings. The van der Waals surface area contributed by atoms with E-state index in [2.05, 4.69) is 10.1 Å². The maximum Gasteiger partial charge on any atom is 0.573 e. The van der Waals surface area contributed by atoms with Crippen molar-refractivity contribution in [1.29, 1.82) is 0 Å². The van der Waals surface area contributed by atoms with Crippen LogP contribution in [0.15, 0.2) is 42.5 Å². The van der Waals surface area contributed by atoms with E-state index < -0.39 is 6.36 Å². The maximum atomic E-state index is 12.3. The van der Waals surface area contributed by atoms with Crippen LogP contribution in [0.5, 0.6) is 11.5 Å². The van der Waals surface area contributed by atoms with Crippen molar-refractivity contribution in [2.24, 2.45) is 0 Å². The van der Waals surface area contributed by atoms with Crippen LogP contribution >= 0.6 is 0 Å². The average molecular weight is 408 g/mol. The lowest BCUT2D eigenvalue weighted by Gasteiger charge is -2.19. The third kappa shape index (κ3) is 5.40. The summed E-state index contributed by atoms with van der Waals surface area (Å²) >= 11 is 0.